The van der Waals surface area contributed by atoms with Crippen LogP contribution < -0.4 is 10.6 Å². The third kappa shape index (κ3) is 4.48. The summed E-state index contributed by atoms with van der Waals surface area (Å²) >= 11 is 0. The summed E-state index contributed by atoms with van der Waals surface area (Å²) < 4.78 is 13.6. The van der Waals surface area contributed by atoms with E-state index in [0.29, 0.717) is 17.8 Å². The molecule has 0 aromatic heterocycles. The van der Waals surface area contributed by atoms with Crippen molar-refractivity contribution in [3.05, 3.63) is 101 Å². The van der Waals surface area contributed by atoms with E-state index in [1.54, 1.807) is 19.1 Å². The summed E-state index contributed by atoms with van der Waals surface area (Å²) in [7, 11) is 0. The van der Waals surface area contributed by atoms with Crippen LogP contribution in [0.25, 0.3) is 0 Å². The van der Waals surface area contributed by atoms with Crippen molar-refractivity contribution >= 4 is 11.7 Å². The number of halogens is 1. The van der Waals surface area contributed by atoms with Gasteiger partial charge in [0.05, 0.1) is 0 Å². The molecule has 0 atom stereocenters. The maximum Gasteiger partial charge on any atom is 0.319 e. The second-order valence-electron chi connectivity index (χ2n) is 6.17. The Hall–Kier alpha value is -3.14. The zero-order valence-corrected chi connectivity index (χ0v) is 14.6. The number of carbonyl (C=O) groups is 1. The Balaban J connectivity index is 1.69. The van der Waals surface area contributed by atoms with Gasteiger partial charge in [0.2, 0.25) is 0 Å². The molecule has 0 aliphatic carbocycles. The van der Waals surface area contributed by atoms with E-state index in [1.165, 1.54) is 6.07 Å². The molecule has 4 heteroatoms. The molecule has 0 bridgehead atoms. The van der Waals surface area contributed by atoms with E-state index in [1.807, 2.05) is 60.7 Å². The lowest BCUT2D eigenvalue weighted by Crippen LogP contribution is -2.32. The van der Waals surface area contributed by atoms with E-state index < -0.39 is 0 Å². The van der Waals surface area contributed by atoms with Crippen molar-refractivity contribution in [3.63, 3.8) is 0 Å². The fourth-order valence-electron chi connectivity index (χ4n) is 2.84. The first-order valence-corrected chi connectivity index (χ1v) is 8.54. The Kier molecular flexibility index (Phi) is 5.64. The Labute approximate surface area is 152 Å². The number of rotatable bonds is 5. The van der Waals surface area contributed by atoms with Crippen LogP contribution in [0.5, 0.6) is 0 Å². The summed E-state index contributed by atoms with van der Waals surface area (Å²) in [6, 6.07) is 24.4. The summed E-state index contributed by atoms with van der Waals surface area (Å²) in [6.07, 6.45) is 0. The predicted octanol–water partition coefficient (Wildman–Crippen LogP) is 5.09. The van der Waals surface area contributed by atoms with Crippen molar-refractivity contribution in [1.29, 1.82) is 0 Å². The predicted molar refractivity (Wildman–Crippen MR) is 103 cm³/mol. The van der Waals surface area contributed by atoms with Crippen molar-refractivity contribution in [2.45, 2.75) is 12.8 Å². The molecule has 3 rings (SSSR count). The largest absolute Gasteiger partial charge is 0.337 e. The number of aryl methyl sites for hydroxylation is 1. The molecule has 0 aliphatic heterocycles. The lowest BCUT2D eigenvalue weighted by atomic mass is 9.91. The van der Waals surface area contributed by atoms with Crippen LogP contribution in [0.1, 0.15) is 22.6 Å². The molecule has 0 unspecified atom stereocenters. The van der Waals surface area contributed by atoms with Gasteiger partial charge in [-0.3, -0.25) is 0 Å². The molecular formula is C22H21FN2O. The Bertz CT molecular complexity index is 826. The molecule has 3 nitrogen and oxygen atoms in total. The lowest BCUT2D eigenvalue weighted by Gasteiger charge is -2.19. The number of hydrogen-bond acceptors (Lipinski definition) is 1. The van der Waals surface area contributed by atoms with Crippen molar-refractivity contribution in [2.24, 2.45) is 0 Å². The van der Waals surface area contributed by atoms with Crippen LogP contribution in [0.4, 0.5) is 14.9 Å². The van der Waals surface area contributed by atoms with Gasteiger partial charge in [0, 0.05) is 18.2 Å². The molecule has 3 aromatic rings. The van der Waals surface area contributed by atoms with Gasteiger partial charge in [-0.1, -0.05) is 66.7 Å². The fraction of sp³-hybridized carbons (Fsp3) is 0.136. The van der Waals surface area contributed by atoms with Gasteiger partial charge < -0.3 is 10.6 Å². The lowest BCUT2D eigenvalue weighted by molar-refractivity contribution is 0.252. The number of nitrogens with one attached hydrogen (secondary N) is 2. The SMILES string of the molecule is Cc1ccc(NC(=O)NCC(c2ccccc2)c2ccccc2)cc1F. The second kappa shape index (κ2) is 8.30. The van der Waals surface area contributed by atoms with Gasteiger partial charge >= 0.3 is 6.03 Å². The fourth-order valence-corrected chi connectivity index (χ4v) is 2.84. The molecule has 26 heavy (non-hydrogen) atoms. The second-order valence-corrected chi connectivity index (χ2v) is 6.17. The summed E-state index contributed by atoms with van der Waals surface area (Å²) in [5.74, 6) is -0.299. The molecule has 132 valence electrons. The number of urea groups is 1. The average Bonchev–Trinajstić information content (AvgIpc) is 2.67. The molecule has 2 amide bonds. The number of hydrogen-bond donors (Lipinski definition) is 2. The summed E-state index contributed by atoms with van der Waals surface area (Å²) in [4.78, 5) is 12.2. The van der Waals surface area contributed by atoms with Gasteiger partial charge in [-0.05, 0) is 35.7 Å². The van der Waals surface area contributed by atoms with Gasteiger partial charge in [0.15, 0.2) is 0 Å². The quantitative estimate of drug-likeness (QED) is 0.663. The zero-order valence-electron chi connectivity index (χ0n) is 14.6. The van der Waals surface area contributed by atoms with Gasteiger partial charge in [-0.15, -0.1) is 0 Å². The van der Waals surface area contributed by atoms with Crippen LogP contribution in [-0.2, 0) is 0 Å². The van der Waals surface area contributed by atoms with Gasteiger partial charge in [-0.25, -0.2) is 9.18 Å². The first kappa shape index (κ1) is 17.7. The minimum absolute atomic E-state index is 0.0397. The summed E-state index contributed by atoms with van der Waals surface area (Å²) in [5, 5.41) is 5.57. The molecule has 0 fully saturated rings. The number of amides is 2. The van der Waals surface area contributed by atoms with Crippen LogP contribution in [0.15, 0.2) is 78.9 Å². The van der Waals surface area contributed by atoms with E-state index in [4.69, 9.17) is 0 Å². The van der Waals surface area contributed by atoms with E-state index >= 15 is 0 Å². The van der Waals surface area contributed by atoms with Crippen LogP contribution in [0, 0.1) is 12.7 Å². The molecule has 0 spiro atoms. The van der Waals surface area contributed by atoms with Crippen LogP contribution in [0.3, 0.4) is 0 Å². The monoisotopic (exact) mass is 348 g/mol. The Morgan fingerprint density at radius 3 is 2.04 bits per heavy atom. The smallest absolute Gasteiger partial charge is 0.319 e. The topological polar surface area (TPSA) is 41.1 Å². The molecule has 3 aromatic carbocycles. The minimum Gasteiger partial charge on any atom is -0.337 e. The highest BCUT2D eigenvalue weighted by molar-refractivity contribution is 5.89. The van der Waals surface area contributed by atoms with Gasteiger partial charge in [0.1, 0.15) is 5.82 Å². The van der Waals surface area contributed by atoms with Crippen molar-refractivity contribution in [1.82, 2.24) is 5.32 Å². The third-order valence-corrected chi connectivity index (χ3v) is 4.30. The highest BCUT2D eigenvalue weighted by Crippen LogP contribution is 2.23. The van der Waals surface area contributed by atoms with Crippen molar-refractivity contribution < 1.29 is 9.18 Å². The maximum absolute atomic E-state index is 13.6. The van der Waals surface area contributed by atoms with E-state index in [2.05, 4.69) is 10.6 Å². The molecule has 0 heterocycles. The van der Waals surface area contributed by atoms with Crippen LogP contribution in [-0.4, -0.2) is 12.6 Å². The van der Waals surface area contributed by atoms with E-state index in [-0.39, 0.29) is 17.8 Å². The molecule has 0 radical (unpaired) electrons. The van der Waals surface area contributed by atoms with E-state index in [9.17, 15) is 9.18 Å². The van der Waals surface area contributed by atoms with Gasteiger partial charge in [-0.2, -0.15) is 0 Å². The Morgan fingerprint density at radius 1 is 0.923 bits per heavy atom. The summed E-state index contributed by atoms with van der Waals surface area (Å²) in [5.41, 5.74) is 3.23. The molecule has 0 saturated carbocycles. The first-order chi connectivity index (χ1) is 12.6. The van der Waals surface area contributed by atoms with Crippen LogP contribution >= 0.6 is 0 Å². The molecular weight excluding hydrogens is 327 g/mol. The van der Waals surface area contributed by atoms with E-state index in [0.717, 1.165) is 11.1 Å². The maximum atomic E-state index is 13.6. The normalized spacial score (nSPS) is 10.6. The molecule has 2 N–H and O–H groups in total. The average molecular weight is 348 g/mol. The molecule has 0 saturated heterocycles. The standard InChI is InChI=1S/C22H21FN2O/c1-16-12-13-19(14-21(16)23)25-22(26)24-15-20(17-8-4-2-5-9-17)18-10-6-3-7-11-18/h2-14,20H,15H2,1H3,(H2,24,25,26). The third-order valence-electron chi connectivity index (χ3n) is 4.30. The number of carbonyl (C=O) groups excluding carboxylic acids is 1. The number of benzene rings is 3. The van der Waals surface area contributed by atoms with Crippen molar-refractivity contribution in [2.75, 3.05) is 11.9 Å². The van der Waals surface area contributed by atoms with Crippen molar-refractivity contribution in [3.8, 4) is 0 Å². The Morgan fingerprint density at radius 2 is 1.50 bits per heavy atom. The zero-order chi connectivity index (χ0) is 18.4. The first-order valence-electron chi connectivity index (χ1n) is 8.54. The summed E-state index contributed by atoms with van der Waals surface area (Å²) in [6.45, 7) is 2.12. The highest BCUT2D eigenvalue weighted by Gasteiger charge is 2.15. The minimum atomic E-state index is -0.356. The highest BCUT2D eigenvalue weighted by atomic mass is 19.1. The number of anilines is 1. The van der Waals surface area contributed by atoms with Gasteiger partial charge in [0.25, 0.3) is 0 Å². The molecule has 0 aliphatic rings. The van der Waals surface area contributed by atoms with Crippen LogP contribution in [0.2, 0.25) is 0 Å².